The molecule has 0 aromatic rings. The lowest BCUT2D eigenvalue weighted by Gasteiger charge is -2.27. The molecule has 0 saturated carbocycles. The summed E-state index contributed by atoms with van der Waals surface area (Å²) in [5.41, 5.74) is 0. The van der Waals surface area contributed by atoms with Gasteiger partial charge in [-0.05, 0) is 12.8 Å². The molecule has 0 aliphatic heterocycles. The molecule has 0 aliphatic carbocycles. The van der Waals surface area contributed by atoms with E-state index in [1.54, 1.807) is 0 Å². The van der Waals surface area contributed by atoms with Crippen molar-refractivity contribution in [1.29, 1.82) is 0 Å². The number of carbonyl (C=O) groups excluding carboxylic acids is 1. The molecule has 336 valence electrons. The van der Waals surface area contributed by atoms with Crippen molar-refractivity contribution >= 4 is 5.91 Å². The Kier molecular flexibility index (Phi) is 44.8. The molecule has 6 heteroatoms. The summed E-state index contributed by atoms with van der Waals surface area (Å²) in [6.45, 7) is 4.04. The Balaban J connectivity index is 3.49. The number of amides is 1. The molecule has 0 bridgehead atoms. The third kappa shape index (κ3) is 38.8. The van der Waals surface area contributed by atoms with E-state index in [1.165, 1.54) is 218 Å². The van der Waals surface area contributed by atoms with E-state index in [0.29, 0.717) is 12.8 Å². The van der Waals surface area contributed by atoms with Crippen molar-refractivity contribution in [2.24, 2.45) is 0 Å². The van der Waals surface area contributed by atoms with Crippen molar-refractivity contribution in [3.05, 3.63) is 0 Å². The average molecular weight is 796 g/mol. The maximum atomic E-state index is 12.4. The van der Waals surface area contributed by atoms with Gasteiger partial charge in [-0.1, -0.05) is 271 Å². The van der Waals surface area contributed by atoms with Crippen LogP contribution in [0, 0.1) is 0 Å². The molecule has 0 radical (unpaired) electrons. The predicted molar refractivity (Wildman–Crippen MR) is 242 cm³/mol. The summed E-state index contributed by atoms with van der Waals surface area (Å²) >= 11 is 0. The minimum absolute atomic E-state index is 0.373. The monoisotopic (exact) mass is 796 g/mol. The summed E-state index contributed by atoms with van der Waals surface area (Å²) in [6.07, 6.45) is 50.4. The maximum Gasteiger partial charge on any atom is 0.249 e. The summed E-state index contributed by atoms with van der Waals surface area (Å²) in [7, 11) is 0. The van der Waals surface area contributed by atoms with Gasteiger partial charge in [0.25, 0.3) is 0 Å². The third-order valence-corrected chi connectivity index (χ3v) is 12.3. The van der Waals surface area contributed by atoms with Gasteiger partial charge in [0.05, 0.1) is 18.8 Å². The first-order valence-electron chi connectivity index (χ1n) is 25.4. The summed E-state index contributed by atoms with van der Waals surface area (Å²) < 4.78 is 0. The highest BCUT2D eigenvalue weighted by molar-refractivity contribution is 5.80. The molecule has 4 unspecified atom stereocenters. The zero-order valence-corrected chi connectivity index (χ0v) is 37.9. The molecular weight excluding hydrogens is 695 g/mol. The van der Waals surface area contributed by atoms with Gasteiger partial charge in [-0.3, -0.25) is 4.79 Å². The van der Waals surface area contributed by atoms with E-state index in [1.807, 2.05) is 0 Å². The molecule has 1 amide bonds. The Morgan fingerprint density at radius 1 is 0.375 bits per heavy atom. The van der Waals surface area contributed by atoms with Crippen LogP contribution in [0.1, 0.15) is 284 Å². The number of unbranched alkanes of at least 4 members (excludes halogenated alkanes) is 38. The lowest BCUT2D eigenvalue weighted by molar-refractivity contribution is -0.132. The Labute approximate surface area is 350 Å². The van der Waals surface area contributed by atoms with Gasteiger partial charge in [-0.25, -0.2) is 0 Å². The van der Waals surface area contributed by atoms with E-state index in [4.69, 9.17) is 0 Å². The first-order valence-corrected chi connectivity index (χ1v) is 25.4. The van der Waals surface area contributed by atoms with Gasteiger partial charge >= 0.3 is 0 Å². The number of aliphatic hydroxyl groups excluding tert-OH is 4. The lowest BCUT2D eigenvalue weighted by atomic mass is 9.99. The van der Waals surface area contributed by atoms with Gasteiger partial charge in [0.2, 0.25) is 5.91 Å². The number of rotatable bonds is 47. The van der Waals surface area contributed by atoms with Crippen LogP contribution >= 0.6 is 0 Å². The molecule has 0 aromatic heterocycles. The van der Waals surface area contributed by atoms with E-state index in [9.17, 15) is 25.2 Å². The highest BCUT2D eigenvalue weighted by atomic mass is 16.3. The Bertz CT molecular complexity index is 766. The van der Waals surface area contributed by atoms with E-state index in [0.717, 1.165) is 38.5 Å². The Morgan fingerprint density at radius 3 is 0.857 bits per heavy atom. The quantitative estimate of drug-likeness (QED) is 0.0394. The summed E-state index contributed by atoms with van der Waals surface area (Å²) in [6, 6.07) is -0.978. The van der Waals surface area contributed by atoms with Crippen LogP contribution in [0.4, 0.5) is 0 Å². The summed E-state index contributed by atoms with van der Waals surface area (Å²) in [5.74, 6) is -0.582. The number of nitrogens with one attached hydrogen (secondary N) is 1. The van der Waals surface area contributed by atoms with Crippen molar-refractivity contribution in [3.63, 3.8) is 0 Å². The molecule has 56 heavy (non-hydrogen) atoms. The van der Waals surface area contributed by atoms with Gasteiger partial charge in [0.15, 0.2) is 0 Å². The lowest BCUT2D eigenvalue weighted by Crippen LogP contribution is -2.53. The predicted octanol–water partition coefficient (Wildman–Crippen LogP) is 14.0. The highest BCUT2D eigenvalue weighted by Gasteiger charge is 2.28. The van der Waals surface area contributed by atoms with E-state index >= 15 is 0 Å². The van der Waals surface area contributed by atoms with Crippen molar-refractivity contribution in [2.75, 3.05) is 6.61 Å². The van der Waals surface area contributed by atoms with Crippen LogP contribution in [0.3, 0.4) is 0 Å². The average Bonchev–Trinajstić information content (AvgIpc) is 3.20. The molecular formula is C50H101NO5. The second-order valence-electron chi connectivity index (χ2n) is 17.9. The van der Waals surface area contributed by atoms with Crippen molar-refractivity contribution in [2.45, 2.75) is 308 Å². The van der Waals surface area contributed by atoms with E-state index in [-0.39, 0.29) is 0 Å². The summed E-state index contributed by atoms with van der Waals surface area (Å²) in [5, 5.41) is 43.6. The smallest absolute Gasteiger partial charge is 0.249 e. The van der Waals surface area contributed by atoms with Crippen molar-refractivity contribution in [1.82, 2.24) is 5.32 Å². The number of aliphatic hydroxyl groups is 4. The molecule has 0 saturated heterocycles. The number of carbonyl (C=O) groups is 1. The minimum atomic E-state index is -1.25. The second-order valence-corrected chi connectivity index (χ2v) is 17.9. The molecule has 0 spiro atoms. The van der Waals surface area contributed by atoms with Crippen LogP contribution in [0.25, 0.3) is 0 Å². The molecule has 5 N–H and O–H groups in total. The molecule has 0 aromatic carbocycles. The molecule has 0 fully saturated rings. The van der Waals surface area contributed by atoms with Gasteiger partial charge in [0.1, 0.15) is 12.2 Å². The van der Waals surface area contributed by atoms with Gasteiger partial charge in [-0.2, -0.15) is 0 Å². The molecule has 0 aliphatic rings. The van der Waals surface area contributed by atoms with E-state index in [2.05, 4.69) is 19.2 Å². The van der Waals surface area contributed by atoms with Crippen LogP contribution in [0.15, 0.2) is 0 Å². The number of hydrogen-bond donors (Lipinski definition) is 5. The van der Waals surface area contributed by atoms with Crippen LogP contribution in [-0.2, 0) is 4.79 Å². The van der Waals surface area contributed by atoms with E-state index < -0.39 is 36.9 Å². The third-order valence-electron chi connectivity index (χ3n) is 12.3. The van der Waals surface area contributed by atoms with Crippen LogP contribution in [0.5, 0.6) is 0 Å². The first kappa shape index (κ1) is 55.3. The van der Waals surface area contributed by atoms with Crippen molar-refractivity contribution < 1.29 is 25.2 Å². The number of hydrogen-bond acceptors (Lipinski definition) is 5. The van der Waals surface area contributed by atoms with Gasteiger partial charge in [-0.15, -0.1) is 0 Å². The largest absolute Gasteiger partial charge is 0.394 e. The van der Waals surface area contributed by atoms with Gasteiger partial charge in [0, 0.05) is 0 Å². The zero-order chi connectivity index (χ0) is 41.0. The fraction of sp³-hybridized carbons (Fsp3) is 0.980. The molecule has 4 atom stereocenters. The maximum absolute atomic E-state index is 12.4. The van der Waals surface area contributed by atoms with Crippen LogP contribution in [-0.4, -0.2) is 57.3 Å². The topological polar surface area (TPSA) is 110 Å². The Hall–Kier alpha value is -0.690. The minimum Gasteiger partial charge on any atom is -0.394 e. The zero-order valence-electron chi connectivity index (χ0n) is 37.9. The standard InChI is InChI=1S/C50H101NO5/c1-3-5-7-9-11-13-14-15-16-17-18-19-20-21-22-23-24-25-26-27-28-29-30-31-32-33-34-36-37-39-41-43-47(53)49(55)46(45-52)51-50(56)48(54)44-42-40-38-35-12-10-8-6-4-2/h46-49,52-55H,3-45H2,1-2H3,(H,51,56). The first-order chi connectivity index (χ1) is 27.5. The normalized spacial score (nSPS) is 13.9. The molecule has 6 nitrogen and oxygen atoms in total. The van der Waals surface area contributed by atoms with Crippen LogP contribution in [0.2, 0.25) is 0 Å². The molecule has 0 heterocycles. The Morgan fingerprint density at radius 2 is 0.607 bits per heavy atom. The van der Waals surface area contributed by atoms with Crippen LogP contribution < -0.4 is 5.32 Å². The fourth-order valence-corrected chi connectivity index (χ4v) is 8.29. The molecule has 0 rings (SSSR count). The fourth-order valence-electron chi connectivity index (χ4n) is 8.29. The highest BCUT2D eigenvalue weighted by Crippen LogP contribution is 2.18. The second kappa shape index (κ2) is 45.4. The van der Waals surface area contributed by atoms with Crippen molar-refractivity contribution in [3.8, 4) is 0 Å². The van der Waals surface area contributed by atoms with Gasteiger partial charge < -0.3 is 25.7 Å². The summed E-state index contributed by atoms with van der Waals surface area (Å²) in [4.78, 5) is 12.4. The SMILES string of the molecule is CCCCCCCCCCCCCCCCCCCCCCCCCCCCCCCCCC(O)C(O)C(CO)NC(=O)C(O)CCCCCCCCCCC.